The lowest BCUT2D eigenvalue weighted by atomic mass is 9.89. The predicted molar refractivity (Wildman–Crippen MR) is 137 cm³/mol. The van der Waals surface area contributed by atoms with Crippen LogP contribution in [0, 0.1) is 0 Å². The SMILES string of the molecule is COc1cc2c(cc1OC)[C@@H](C)N(C(=O)C1Cc3ccccc3CN1Cc1cccnc1OC)CC2. The molecule has 2 atom stereocenters. The zero-order valence-electron chi connectivity index (χ0n) is 21.4. The van der Waals surface area contributed by atoms with Gasteiger partial charge >= 0.3 is 0 Å². The van der Waals surface area contributed by atoms with Gasteiger partial charge in [-0.25, -0.2) is 4.98 Å². The van der Waals surface area contributed by atoms with Crippen LogP contribution < -0.4 is 14.2 Å². The van der Waals surface area contributed by atoms with Gasteiger partial charge in [-0.2, -0.15) is 0 Å². The second-order valence-electron chi connectivity index (χ2n) is 9.43. The molecule has 3 aromatic rings. The lowest BCUT2D eigenvalue weighted by Crippen LogP contribution is -2.53. The number of methoxy groups -OCH3 is 3. The van der Waals surface area contributed by atoms with Crippen LogP contribution >= 0.6 is 0 Å². The second-order valence-corrected chi connectivity index (χ2v) is 9.43. The molecule has 36 heavy (non-hydrogen) atoms. The number of rotatable bonds is 6. The first-order valence-electron chi connectivity index (χ1n) is 12.4. The highest BCUT2D eigenvalue weighted by Gasteiger charge is 2.38. The molecule has 0 saturated heterocycles. The number of carbonyl (C=O) groups is 1. The van der Waals surface area contributed by atoms with Gasteiger partial charge < -0.3 is 19.1 Å². The zero-order chi connectivity index (χ0) is 25.2. The molecule has 0 spiro atoms. The molecule has 0 saturated carbocycles. The number of amides is 1. The highest BCUT2D eigenvalue weighted by molar-refractivity contribution is 5.83. The van der Waals surface area contributed by atoms with Gasteiger partial charge in [0.2, 0.25) is 11.8 Å². The molecule has 1 amide bonds. The summed E-state index contributed by atoms with van der Waals surface area (Å²) in [5.41, 5.74) is 5.80. The van der Waals surface area contributed by atoms with Crippen molar-refractivity contribution in [1.82, 2.24) is 14.8 Å². The number of ether oxygens (including phenoxy) is 3. The molecule has 1 aromatic heterocycles. The number of hydrogen-bond acceptors (Lipinski definition) is 6. The molecule has 188 valence electrons. The lowest BCUT2D eigenvalue weighted by Gasteiger charge is -2.42. The maximum atomic E-state index is 14.2. The Labute approximate surface area is 212 Å². The highest BCUT2D eigenvalue weighted by atomic mass is 16.5. The smallest absolute Gasteiger partial charge is 0.240 e. The van der Waals surface area contributed by atoms with Crippen LogP contribution in [0.4, 0.5) is 0 Å². The summed E-state index contributed by atoms with van der Waals surface area (Å²) in [5, 5.41) is 0. The van der Waals surface area contributed by atoms with Crippen molar-refractivity contribution >= 4 is 5.91 Å². The molecule has 7 nitrogen and oxygen atoms in total. The van der Waals surface area contributed by atoms with Crippen LogP contribution in [-0.4, -0.2) is 54.6 Å². The molecule has 0 N–H and O–H groups in total. The van der Waals surface area contributed by atoms with Crippen LogP contribution in [0.25, 0.3) is 0 Å². The zero-order valence-corrected chi connectivity index (χ0v) is 21.4. The van der Waals surface area contributed by atoms with Crippen LogP contribution in [0.5, 0.6) is 17.4 Å². The summed E-state index contributed by atoms with van der Waals surface area (Å²) in [7, 11) is 4.93. The predicted octanol–water partition coefficient (Wildman–Crippen LogP) is 4.18. The van der Waals surface area contributed by atoms with Crippen LogP contribution in [0.15, 0.2) is 54.7 Å². The number of pyridine rings is 1. The van der Waals surface area contributed by atoms with Crippen molar-refractivity contribution in [3.8, 4) is 17.4 Å². The van der Waals surface area contributed by atoms with Crippen LogP contribution in [0.3, 0.4) is 0 Å². The van der Waals surface area contributed by atoms with E-state index in [4.69, 9.17) is 14.2 Å². The molecular weight excluding hydrogens is 454 g/mol. The maximum absolute atomic E-state index is 14.2. The van der Waals surface area contributed by atoms with Crippen LogP contribution in [0.1, 0.15) is 40.8 Å². The van der Waals surface area contributed by atoms with E-state index in [0.717, 1.165) is 23.3 Å². The van der Waals surface area contributed by atoms with E-state index in [1.165, 1.54) is 16.7 Å². The van der Waals surface area contributed by atoms with E-state index in [9.17, 15) is 4.79 Å². The number of hydrogen-bond donors (Lipinski definition) is 0. The fourth-order valence-corrected chi connectivity index (χ4v) is 5.57. The normalized spacial score (nSPS) is 19.3. The van der Waals surface area contributed by atoms with Gasteiger partial charge in [0, 0.05) is 31.4 Å². The topological polar surface area (TPSA) is 64.1 Å². The number of fused-ring (bicyclic) bond motifs is 2. The quantitative estimate of drug-likeness (QED) is 0.520. The first kappa shape index (κ1) is 24.1. The monoisotopic (exact) mass is 487 g/mol. The van der Waals surface area contributed by atoms with Crippen LogP contribution in [-0.2, 0) is 30.7 Å². The molecule has 5 rings (SSSR count). The summed E-state index contributed by atoms with van der Waals surface area (Å²) in [4.78, 5) is 22.9. The molecule has 0 bridgehead atoms. The minimum absolute atomic E-state index is 0.0620. The Morgan fingerprint density at radius 2 is 1.72 bits per heavy atom. The Kier molecular flexibility index (Phi) is 6.83. The summed E-state index contributed by atoms with van der Waals surface area (Å²) in [6.07, 6.45) is 3.19. The summed E-state index contributed by atoms with van der Waals surface area (Å²) in [5.74, 6) is 2.17. The fraction of sp³-hybridized carbons (Fsp3) is 0.379. The van der Waals surface area contributed by atoms with Gasteiger partial charge in [-0.1, -0.05) is 30.3 Å². The molecule has 0 aliphatic carbocycles. The van der Waals surface area contributed by atoms with Crippen molar-refractivity contribution < 1.29 is 19.0 Å². The van der Waals surface area contributed by atoms with E-state index < -0.39 is 0 Å². The average molecular weight is 488 g/mol. The molecule has 2 aromatic carbocycles. The van der Waals surface area contributed by atoms with Gasteiger partial charge in [0.25, 0.3) is 0 Å². The van der Waals surface area contributed by atoms with Crippen molar-refractivity contribution in [2.75, 3.05) is 27.9 Å². The second kappa shape index (κ2) is 10.2. The fourth-order valence-electron chi connectivity index (χ4n) is 5.57. The van der Waals surface area contributed by atoms with Crippen molar-refractivity contribution in [3.63, 3.8) is 0 Å². The molecule has 2 aliphatic heterocycles. The molecule has 7 heteroatoms. The van der Waals surface area contributed by atoms with Crippen molar-refractivity contribution in [1.29, 1.82) is 0 Å². The molecule has 2 aliphatic rings. The van der Waals surface area contributed by atoms with Crippen LogP contribution in [0.2, 0.25) is 0 Å². The Morgan fingerprint density at radius 3 is 2.47 bits per heavy atom. The molecule has 0 fully saturated rings. The highest BCUT2D eigenvalue weighted by Crippen LogP contribution is 2.39. The molecule has 3 heterocycles. The summed E-state index contributed by atoms with van der Waals surface area (Å²) < 4.78 is 16.6. The Hall–Kier alpha value is -3.58. The molecule has 0 radical (unpaired) electrons. The molecular formula is C29H33N3O4. The Bertz CT molecular complexity index is 1260. The largest absolute Gasteiger partial charge is 0.493 e. The first-order valence-corrected chi connectivity index (χ1v) is 12.4. The lowest BCUT2D eigenvalue weighted by molar-refractivity contribution is -0.140. The minimum Gasteiger partial charge on any atom is -0.493 e. The van der Waals surface area contributed by atoms with E-state index in [0.29, 0.717) is 37.7 Å². The number of carbonyl (C=O) groups excluding carboxylic acids is 1. The Balaban J connectivity index is 1.46. The van der Waals surface area contributed by atoms with Gasteiger partial charge in [-0.15, -0.1) is 0 Å². The third-order valence-corrected chi connectivity index (χ3v) is 7.52. The third-order valence-electron chi connectivity index (χ3n) is 7.52. The third kappa shape index (κ3) is 4.39. The first-order chi connectivity index (χ1) is 17.5. The summed E-state index contributed by atoms with van der Waals surface area (Å²) in [6, 6.07) is 16.1. The molecule has 1 unspecified atom stereocenters. The van der Waals surface area contributed by atoms with Crippen molar-refractivity contribution in [3.05, 3.63) is 82.5 Å². The van der Waals surface area contributed by atoms with Gasteiger partial charge in [-0.05, 0) is 60.2 Å². The maximum Gasteiger partial charge on any atom is 0.240 e. The number of aromatic nitrogens is 1. The number of benzene rings is 2. The van der Waals surface area contributed by atoms with Gasteiger partial charge in [0.15, 0.2) is 11.5 Å². The summed E-state index contributed by atoms with van der Waals surface area (Å²) in [6.45, 7) is 4.07. The number of nitrogens with zero attached hydrogens (tertiary/aromatic N) is 3. The van der Waals surface area contributed by atoms with E-state index in [2.05, 4.69) is 41.1 Å². The van der Waals surface area contributed by atoms with Gasteiger partial charge in [-0.3, -0.25) is 9.69 Å². The summed E-state index contributed by atoms with van der Waals surface area (Å²) >= 11 is 0. The van der Waals surface area contributed by atoms with E-state index in [1.807, 2.05) is 29.2 Å². The van der Waals surface area contributed by atoms with Gasteiger partial charge in [0.05, 0.1) is 33.4 Å². The van der Waals surface area contributed by atoms with E-state index in [-0.39, 0.29) is 18.0 Å². The van der Waals surface area contributed by atoms with Crippen molar-refractivity contribution in [2.45, 2.75) is 44.9 Å². The van der Waals surface area contributed by atoms with Crippen molar-refractivity contribution in [2.24, 2.45) is 0 Å². The minimum atomic E-state index is -0.269. The van der Waals surface area contributed by atoms with E-state index >= 15 is 0 Å². The standard InChI is InChI=1S/C29H33N3O4/c1-19-24-16-27(35-3)26(34-2)15-21(24)11-13-32(19)29(33)25-14-20-8-5-6-9-22(20)17-31(25)18-23-10-7-12-30-28(23)36-4/h5-10,12,15-16,19,25H,11,13-14,17-18H2,1-4H3/t19-,25?/m1/s1. The Morgan fingerprint density at radius 1 is 0.972 bits per heavy atom. The van der Waals surface area contributed by atoms with Gasteiger partial charge in [0.1, 0.15) is 0 Å². The average Bonchev–Trinajstić information content (AvgIpc) is 2.92. The van der Waals surface area contributed by atoms with E-state index in [1.54, 1.807) is 27.5 Å².